The summed E-state index contributed by atoms with van der Waals surface area (Å²) in [5.41, 5.74) is 0.372. The molecule has 6 nitrogen and oxygen atoms in total. The van der Waals surface area contributed by atoms with E-state index >= 15 is 0 Å². The van der Waals surface area contributed by atoms with Crippen LogP contribution in [0.15, 0.2) is 41.3 Å². The van der Waals surface area contributed by atoms with Crippen LogP contribution in [-0.4, -0.2) is 46.4 Å². The average molecular weight is 403 g/mol. The molecule has 0 unspecified atom stereocenters. The minimum Gasteiger partial charge on any atom is -0.374 e. The van der Waals surface area contributed by atoms with Crippen molar-refractivity contribution in [1.82, 2.24) is 9.62 Å². The summed E-state index contributed by atoms with van der Waals surface area (Å²) in [5.74, 6) is -0.307. The molecule has 0 spiro atoms. The molecule has 9 heteroatoms. The average Bonchev–Trinajstić information content (AvgIpc) is 3.01. The molecule has 0 aliphatic heterocycles. The van der Waals surface area contributed by atoms with Gasteiger partial charge < -0.3 is 10.1 Å². The lowest BCUT2D eigenvalue weighted by atomic mass is 10.2. The summed E-state index contributed by atoms with van der Waals surface area (Å²) in [7, 11) is 0.961. The van der Waals surface area contributed by atoms with Crippen LogP contribution in [0, 0.1) is 0 Å². The molecule has 1 aromatic carbocycles. The van der Waals surface area contributed by atoms with E-state index in [1.54, 1.807) is 13.2 Å². The Labute approximate surface area is 156 Å². The van der Waals surface area contributed by atoms with Crippen molar-refractivity contribution in [2.45, 2.75) is 11.0 Å². The molecular weight excluding hydrogens is 384 g/mol. The molecule has 0 saturated heterocycles. The van der Waals surface area contributed by atoms with Gasteiger partial charge in [0.2, 0.25) is 10.0 Å². The summed E-state index contributed by atoms with van der Waals surface area (Å²) in [4.78, 5) is 13.3. The van der Waals surface area contributed by atoms with E-state index in [4.69, 9.17) is 16.3 Å². The highest BCUT2D eigenvalue weighted by Crippen LogP contribution is 2.28. The van der Waals surface area contributed by atoms with Gasteiger partial charge in [-0.25, -0.2) is 12.7 Å². The van der Waals surface area contributed by atoms with Gasteiger partial charge in [-0.15, -0.1) is 11.3 Å². The number of halogens is 1. The minimum absolute atomic E-state index is 0.136. The molecular formula is C16H19ClN2O4S2. The largest absolute Gasteiger partial charge is 0.374 e. The van der Waals surface area contributed by atoms with Crippen molar-refractivity contribution < 1.29 is 17.9 Å². The third kappa shape index (κ3) is 4.80. The predicted octanol–water partition coefficient (Wildman–Crippen LogP) is 2.77. The minimum atomic E-state index is -3.51. The molecule has 136 valence electrons. The summed E-state index contributed by atoms with van der Waals surface area (Å²) in [6, 6.07) is 9.42. The summed E-state index contributed by atoms with van der Waals surface area (Å²) in [6.07, 6.45) is -0.296. The van der Waals surface area contributed by atoms with Gasteiger partial charge in [0.1, 0.15) is 6.10 Å². The molecule has 1 amide bonds. The van der Waals surface area contributed by atoms with Gasteiger partial charge in [0.05, 0.1) is 9.23 Å². The Bertz CT molecular complexity index is 832. The highest BCUT2D eigenvalue weighted by molar-refractivity contribution is 7.89. The molecule has 25 heavy (non-hydrogen) atoms. The molecule has 1 atom stereocenters. The first-order valence-corrected chi connectivity index (χ1v) is 9.98. The van der Waals surface area contributed by atoms with Gasteiger partial charge >= 0.3 is 0 Å². The first-order chi connectivity index (χ1) is 11.8. The van der Waals surface area contributed by atoms with Crippen LogP contribution in [0.2, 0.25) is 4.34 Å². The lowest BCUT2D eigenvalue weighted by molar-refractivity contribution is 0.0837. The van der Waals surface area contributed by atoms with Gasteiger partial charge in [-0.05, 0) is 36.4 Å². The molecule has 0 bridgehead atoms. The van der Waals surface area contributed by atoms with E-state index in [9.17, 15) is 13.2 Å². The Balaban J connectivity index is 2.03. The van der Waals surface area contributed by atoms with Crippen LogP contribution in [-0.2, 0) is 14.8 Å². The highest BCUT2D eigenvalue weighted by atomic mass is 35.5. The SMILES string of the molecule is CO[C@@H](CNC(=O)c1ccc(S(=O)(=O)N(C)C)cc1)c1ccc(Cl)s1. The van der Waals surface area contributed by atoms with Crippen molar-refractivity contribution in [2.75, 3.05) is 27.7 Å². The van der Waals surface area contributed by atoms with E-state index in [0.717, 1.165) is 9.18 Å². The number of amides is 1. The molecule has 0 aliphatic carbocycles. The molecule has 1 aromatic heterocycles. The van der Waals surface area contributed by atoms with Crippen molar-refractivity contribution in [3.05, 3.63) is 51.2 Å². The highest BCUT2D eigenvalue weighted by Gasteiger charge is 2.18. The number of sulfonamides is 1. The van der Waals surface area contributed by atoms with E-state index in [1.807, 2.05) is 6.07 Å². The maximum absolute atomic E-state index is 12.2. The standard InChI is InChI=1S/C16H19ClN2O4S2/c1-19(2)25(21,22)12-6-4-11(5-7-12)16(20)18-10-13(23-3)14-8-9-15(17)24-14/h4-9,13H,10H2,1-3H3,(H,18,20)/t13-/m0/s1. The van der Waals surface area contributed by atoms with Crippen LogP contribution in [0.25, 0.3) is 0 Å². The smallest absolute Gasteiger partial charge is 0.251 e. The van der Waals surface area contributed by atoms with Gasteiger partial charge in [0.25, 0.3) is 5.91 Å². The van der Waals surface area contributed by atoms with Crippen LogP contribution in [0.3, 0.4) is 0 Å². The number of rotatable bonds is 7. The Kier molecular flexibility index (Phi) is 6.59. The van der Waals surface area contributed by atoms with Gasteiger partial charge in [-0.2, -0.15) is 0 Å². The first kappa shape index (κ1) is 19.9. The fourth-order valence-corrected chi connectivity index (χ4v) is 4.12. The molecule has 0 fully saturated rings. The number of nitrogens with zero attached hydrogens (tertiary/aromatic N) is 1. The van der Waals surface area contributed by atoms with E-state index in [-0.39, 0.29) is 23.5 Å². The number of thiophene rings is 1. The molecule has 2 rings (SSSR count). The van der Waals surface area contributed by atoms with Gasteiger partial charge in [0, 0.05) is 38.2 Å². The van der Waals surface area contributed by atoms with Crippen molar-refractivity contribution in [3.8, 4) is 0 Å². The Morgan fingerprint density at radius 1 is 1.24 bits per heavy atom. The first-order valence-electron chi connectivity index (χ1n) is 7.34. The van der Waals surface area contributed by atoms with Crippen molar-refractivity contribution in [2.24, 2.45) is 0 Å². The predicted molar refractivity (Wildman–Crippen MR) is 98.7 cm³/mol. The monoisotopic (exact) mass is 402 g/mol. The van der Waals surface area contributed by atoms with Crippen molar-refractivity contribution in [1.29, 1.82) is 0 Å². The van der Waals surface area contributed by atoms with Crippen LogP contribution in [0.5, 0.6) is 0 Å². The van der Waals surface area contributed by atoms with Crippen LogP contribution < -0.4 is 5.32 Å². The zero-order valence-corrected chi connectivity index (χ0v) is 16.4. The Hall–Kier alpha value is -1.45. The second-order valence-electron chi connectivity index (χ2n) is 5.39. The summed E-state index contributed by atoms with van der Waals surface area (Å²) < 4.78 is 31.2. The van der Waals surface area contributed by atoms with Gasteiger partial charge in [-0.3, -0.25) is 4.79 Å². The number of carbonyl (C=O) groups is 1. The number of hydrogen-bond acceptors (Lipinski definition) is 5. The maximum Gasteiger partial charge on any atom is 0.251 e. The maximum atomic E-state index is 12.2. The van der Waals surface area contributed by atoms with Crippen LogP contribution in [0.1, 0.15) is 21.3 Å². The van der Waals surface area contributed by atoms with Crippen molar-refractivity contribution >= 4 is 38.9 Å². The van der Waals surface area contributed by atoms with Crippen LogP contribution in [0.4, 0.5) is 0 Å². The Morgan fingerprint density at radius 3 is 2.36 bits per heavy atom. The number of carbonyl (C=O) groups excluding carboxylic acids is 1. The van der Waals surface area contributed by atoms with E-state index in [0.29, 0.717) is 9.90 Å². The summed E-state index contributed by atoms with van der Waals surface area (Å²) >= 11 is 7.31. The number of methoxy groups -OCH3 is 1. The van der Waals surface area contributed by atoms with Gasteiger partial charge in [0.15, 0.2) is 0 Å². The molecule has 0 aliphatic rings. The number of hydrogen-bond donors (Lipinski definition) is 1. The molecule has 0 radical (unpaired) electrons. The molecule has 1 heterocycles. The van der Waals surface area contributed by atoms with Crippen LogP contribution >= 0.6 is 22.9 Å². The lowest BCUT2D eigenvalue weighted by Crippen LogP contribution is -2.29. The van der Waals surface area contributed by atoms with Crippen molar-refractivity contribution in [3.63, 3.8) is 0 Å². The van der Waals surface area contributed by atoms with E-state index in [1.165, 1.54) is 49.7 Å². The zero-order valence-electron chi connectivity index (χ0n) is 14.0. The molecule has 1 N–H and O–H groups in total. The van der Waals surface area contributed by atoms with Gasteiger partial charge in [-0.1, -0.05) is 11.6 Å². The third-order valence-electron chi connectivity index (χ3n) is 3.54. The Morgan fingerprint density at radius 2 is 1.88 bits per heavy atom. The van der Waals surface area contributed by atoms with E-state index in [2.05, 4.69) is 5.32 Å². The number of nitrogens with one attached hydrogen (secondary N) is 1. The zero-order chi connectivity index (χ0) is 18.6. The van der Waals surface area contributed by atoms with E-state index < -0.39 is 10.0 Å². The number of benzene rings is 1. The second-order valence-corrected chi connectivity index (χ2v) is 9.29. The second kappa shape index (κ2) is 8.29. The number of ether oxygens (including phenoxy) is 1. The topological polar surface area (TPSA) is 75.7 Å². The normalized spacial score (nSPS) is 13.0. The lowest BCUT2D eigenvalue weighted by Gasteiger charge is -2.15. The molecule has 0 saturated carbocycles. The fraction of sp³-hybridized carbons (Fsp3) is 0.312. The summed E-state index contributed by atoms with van der Waals surface area (Å²) in [5, 5.41) is 2.78. The third-order valence-corrected chi connectivity index (χ3v) is 6.69. The summed E-state index contributed by atoms with van der Waals surface area (Å²) in [6.45, 7) is 0.282. The quantitative estimate of drug-likeness (QED) is 0.772. The fourth-order valence-electron chi connectivity index (χ4n) is 2.08. The molecule has 2 aromatic rings.